The highest BCUT2D eigenvalue weighted by Crippen LogP contribution is 2.62. The molecule has 2 N–H and O–H groups in total. The molecule has 1 aromatic rings. The zero-order valence-corrected chi connectivity index (χ0v) is 9.51. The molecule has 0 atom stereocenters. The van der Waals surface area contributed by atoms with Crippen LogP contribution in [0.15, 0.2) is 18.2 Å². The van der Waals surface area contributed by atoms with Crippen molar-refractivity contribution in [3.8, 4) is 0 Å². The van der Waals surface area contributed by atoms with Gasteiger partial charge in [0.05, 0.1) is 11.1 Å². The molecule has 17 heavy (non-hydrogen) atoms. The highest BCUT2D eigenvalue weighted by Gasteiger charge is 2.52. The van der Waals surface area contributed by atoms with E-state index >= 15 is 0 Å². The van der Waals surface area contributed by atoms with Gasteiger partial charge < -0.3 is 10.2 Å². The van der Waals surface area contributed by atoms with E-state index in [0.29, 0.717) is 0 Å². The molecule has 0 heterocycles. The summed E-state index contributed by atoms with van der Waals surface area (Å²) in [6.45, 7) is 1.48. The van der Waals surface area contributed by atoms with Crippen LogP contribution in [0.5, 0.6) is 0 Å². The molecule has 0 bridgehead atoms. The number of aromatic carboxylic acids is 2. The molecule has 4 nitrogen and oxygen atoms in total. The second-order valence-electron chi connectivity index (χ2n) is 4.58. The third kappa shape index (κ3) is 2.64. The molecular formula is C13H14O4. The Hall–Kier alpha value is -1.84. The van der Waals surface area contributed by atoms with Gasteiger partial charge in [0.2, 0.25) is 0 Å². The van der Waals surface area contributed by atoms with E-state index in [9.17, 15) is 9.59 Å². The third-order valence-electron chi connectivity index (χ3n) is 3.27. The van der Waals surface area contributed by atoms with Crippen LogP contribution < -0.4 is 0 Å². The average Bonchev–Trinajstić information content (AvgIpc) is 3.06. The standard InChI is InChI=1S/C9H8O4.C4H6/c1-5-6(8(10)11)3-2-4-7(5)9(12)13;1-3-2-4(1)3/h2-4H,1H3,(H,10,11)(H,12,13);3-4H,1-2H2. The second-order valence-corrected chi connectivity index (χ2v) is 4.58. The van der Waals surface area contributed by atoms with E-state index in [0.717, 1.165) is 0 Å². The fourth-order valence-corrected chi connectivity index (χ4v) is 1.65. The minimum Gasteiger partial charge on any atom is -0.478 e. The molecule has 0 unspecified atom stereocenters. The quantitative estimate of drug-likeness (QED) is 0.824. The molecule has 3 rings (SSSR count). The number of carboxylic acid groups (broad SMARTS) is 2. The van der Waals surface area contributed by atoms with Crippen LogP contribution in [-0.4, -0.2) is 22.2 Å². The zero-order chi connectivity index (χ0) is 12.6. The lowest BCUT2D eigenvalue weighted by Crippen LogP contribution is -2.06. The van der Waals surface area contributed by atoms with Crippen LogP contribution >= 0.6 is 0 Å². The van der Waals surface area contributed by atoms with Crippen LogP contribution in [0.1, 0.15) is 39.1 Å². The molecule has 0 amide bonds. The Labute approximate surface area is 98.9 Å². The normalized spacial score (nSPS) is 22.9. The van der Waals surface area contributed by atoms with Gasteiger partial charge in [-0.25, -0.2) is 9.59 Å². The van der Waals surface area contributed by atoms with Crippen LogP contribution in [0.3, 0.4) is 0 Å². The van der Waals surface area contributed by atoms with E-state index in [1.54, 1.807) is 12.8 Å². The molecule has 0 saturated heterocycles. The average molecular weight is 234 g/mol. The van der Waals surface area contributed by atoms with Gasteiger partial charge in [-0.3, -0.25) is 0 Å². The minimum atomic E-state index is -1.11. The first kappa shape index (κ1) is 11.6. The Balaban J connectivity index is 0.000000218. The predicted octanol–water partition coefficient (Wildman–Crippen LogP) is 2.42. The summed E-state index contributed by atoms with van der Waals surface area (Å²) in [4.78, 5) is 21.2. The van der Waals surface area contributed by atoms with Crippen molar-refractivity contribution in [2.45, 2.75) is 19.8 Å². The minimum absolute atomic E-state index is 0.0277. The first-order chi connectivity index (χ1) is 8.00. The second kappa shape index (κ2) is 4.20. The first-order valence-corrected chi connectivity index (χ1v) is 5.57. The molecule has 2 fully saturated rings. The van der Waals surface area contributed by atoms with E-state index in [1.165, 1.54) is 37.0 Å². The zero-order valence-electron chi connectivity index (χ0n) is 9.51. The Morgan fingerprint density at radius 3 is 1.65 bits per heavy atom. The van der Waals surface area contributed by atoms with Crippen LogP contribution in [-0.2, 0) is 0 Å². The van der Waals surface area contributed by atoms with Crippen molar-refractivity contribution in [3.63, 3.8) is 0 Å². The van der Waals surface area contributed by atoms with Gasteiger partial charge in [0.25, 0.3) is 0 Å². The summed E-state index contributed by atoms with van der Waals surface area (Å²) in [6.07, 6.45) is 3.17. The number of carboxylic acids is 2. The van der Waals surface area contributed by atoms with E-state index < -0.39 is 11.9 Å². The predicted molar refractivity (Wildman–Crippen MR) is 61.3 cm³/mol. The molecule has 2 saturated carbocycles. The summed E-state index contributed by atoms with van der Waals surface area (Å²) in [5.74, 6) is 0.279. The summed E-state index contributed by atoms with van der Waals surface area (Å²) < 4.78 is 0. The van der Waals surface area contributed by atoms with Gasteiger partial charge >= 0.3 is 11.9 Å². The van der Waals surface area contributed by atoms with Crippen LogP contribution in [0.25, 0.3) is 0 Å². The van der Waals surface area contributed by atoms with Gasteiger partial charge in [0.1, 0.15) is 0 Å². The van der Waals surface area contributed by atoms with E-state index in [-0.39, 0.29) is 16.7 Å². The van der Waals surface area contributed by atoms with Gasteiger partial charge in [0, 0.05) is 0 Å². The van der Waals surface area contributed by atoms with Crippen molar-refractivity contribution >= 4 is 11.9 Å². The lowest BCUT2D eigenvalue weighted by molar-refractivity contribution is 0.0696. The maximum absolute atomic E-state index is 10.6. The van der Waals surface area contributed by atoms with Crippen LogP contribution in [0.2, 0.25) is 0 Å². The van der Waals surface area contributed by atoms with Crippen LogP contribution in [0, 0.1) is 18.8 Å². The Bertz CT molecular complexity index is 434. The molecular weight excluding hydrogens is 220 g/mol. The van der Waals surface area contributed by atoms with E-state index in [2.05, 4.69) is 0 Å². The van der Waals surface area contributed by atoms with Gasteiger partial charge in [-0.15, -0.1) is 0 Å². The van der Waals surface area contributed by atoms with Crippen molar-refractivity contribution in [1.29, 1.82) is 0 Å². The molecule has 90 valence electrons. The van der Waals surface area contributed by atoms with Crippen molar-refractivity contribution in [2.75, 3.05) is 0 Å². The maximum atomic E-state index is 10.6. The topological polar surface area (TPSA) is 74.6 Å². The van der Waals surface area contributed by atoms with Crippen molar-refractivity contribution < 1.29 is 19.8 Å². The van der Waals surface area contributed by atoms with Gasteiger partial charge in [-0.2, -0.15) is 0 Å². The molecule has 1 aromatic carbocycles. The number of hydrogen-bond acceptors (Lipinski definition) is 2. The van der Waals surface area contributed by atoms with Gasteiger partial charge in [0.15, 0.2) is 0 Å². The van der Waals surface area contributed by atoms with Crippen molar-refractivity contribution in [1.82, 2.24) is 0 Å². The number of fused-ring (bicyclic) bond motifs is 1. The molecule has 0 radical (unpaired) electrons. The van der Waals surface area contributed by atoms with E-state index in [1.807, 2.05) is 0 Å². The third-order valence-corrected chi connectivity index (χ3v) is 3.27. The van der Waals surface area contributed by atoms with Crippen molar-refractivity contribution in [3.05, 3.63) is 34.9 Å². The number of rotatable bonds is 2. The number of benzene rings is 1. The molecule has 0 aromatic heterocycles. The van der Waals surface area contributed by atoms with E-state index in [4.69, 9.17) is 10.2 Å². The molecule has 0 spiro atoms. The number of carbonyl (C=O) groups is 2. The Morgan fingerprint density at radius 2 is 1.41 bits per heavy atom. The maximum Gasteiger partial charge on any atom is 0.335 e. The molecule has 0 aliphatic heterocycles. The molecule has 2 aliphatic rings. The summed E-state index contributed by atoms with van der Waals surface area (Å²) in [5.41, 5.74) is 0.335. The highest BCUT2D eigenvalue weighted by molar-refractivity contribution is 5.96. The van der Waals surface area contributed by atoms with Gasteiger partial charge in [-0.1, -0.05) is 6.07 Å². The number of hydrogen-bond donors (Lipinski definition) is 2. The summed E-state index contributed by atoms with van der Waals surface area (Å²) in [5, 5.41) is 17.4. The van der Waals surface area contributed by atoms with Gasteiger partial charge in [-0.05, 0) is 49.3 Å². The highest BCUT2D eigenvalue weighted by atomic mass is 16.4. The summed E-state index contributed by atoms with van der Waals surface area (Å²) in [7, 11) is 0. The largest absolute Gasteiger partial charge is 0.478 e. The lowest BCUT2D eigenvalue weighted by Gasteiger charge is -2.03. The SMILES string of the molecule is C1C2CC12.Cc1c(C(=O)O)cccc1C(=O)O. The Kier molecular flexibility index (Phi) is 2.88. The smallest absolute Gasteiger partial charge is 0.335 e. The fourth-order valence-electron chi connectivity index (χ4n) is 1.65. The van der Waals surface area contributed by atoms with Crippen molar-refractivity contribution in [2.24, 2.45) is 11.8 Å². The Morgan fingerprint density at radius 1 is 1.06 bits per heavy atom. The summed E-state index contributed by atoms with van der Waals surface area (Å²) in [6, 6.07) is 4.17. The summed E-state index contributed by atoms with van der Waals surface area (Å²) >= 11 is 0. The van der Waals surface area contributed by atoms with Crippen LogP contribution in [0.4, 0.5) is 0 Å². The molecule has 4 heteroatoms. The monoisotopic (exact) mass is 234 g/mol. The molecule has 2 aliphatic carbocycles. The first-order valence-electron chi connectivity index (χ1n) is 5.57. The lowest BCUT2D eigenvalue weighted by atomic mass is 10.0. The fraction of sp³-hybridized carbons (Fsp3) is 0.385.